The molecule has 0 saturated carbocycles. The molecule has 0 aliphatic carbocycles. The number of para-hydroxylation sites is 1. The first-order valence-corrected chi connectivity index (χ1v) is 10.4. The van der Waals surface area contributed by atoms with Crippen LogP contribution in [0.15, 0.2) is 85.6 Å². The molecule has 31 heavy (non-hydrogen) atoms. The summed E-state index contributed by atoms with van der Waals surface area (Å²) in [6.07, 6.45) is 9.12. The summed E-state index contributed by atoms with van der Waals surface area (Å²) in [7, 11) is 0. The van der Waals surface area contributed by atoms with Crippen LogP contribution in [0.1, 0.15) is 13.8 Å². The zero-order valence-electron chi connectivity index (χ0n) is 17.9. The molecule has 0 unspecified atom stereocenters. The minimum atomic E-state index is 0.750. The molecular formula is C25H28N6. The number of hydrogen-bond donors (Lipinski definition) is 3. The van der Waals surface area contributed by atoms with Crippen molar-refractivity contribution in [3.05, 3.63) is 85.6 Å². The normalized spacial score (nSPS) is 10.0. The SMILES string of the molecule is CCN.CCNc1ccc(-c2cncc(-c3ccnc4ccccc34)cn[nH]c2)cc1. The predicted octanol–water partition coefficient (Wildman–Crippen LogP) is 5.21. The Morgan fingerprint density at radius 1 is 0.871 bits per heavy atom. The average molecular weight is 413 g/mol. The van der Waals surface area contributed by atoms with Gasteiger partial charge in [0.1, 0.15) is 0 Å². The second-order valence-corrected chi connectivity index (χ2v) is 6.74. The van der Waals surface area contributed by atoms with E-state index in [4.69, 9.17) is 5.73 Å². The summed E-state index contributed by atoms with van der Waals surface area (Å²) < 4.78 is 0. The Kier molecular flexibility index (Phi) is 8.08. The van der Waals surface area contributed by atoms with E-state index in [0.717, 1.165) is 51.9 Å². The molecule has 2 aromatic carbocycles. The number of aromatic amines is 1. The van der Waals surface area contributed by atoms with Gasteiger partial charge in [-0.05, 0) is 48.9 Å². The highest BCUT2D eigenvalue weighted by atomic mass is 15.1. The highest BCUT2D eigenvalue weighted by Gasteiger charge is 2.04. The summed E-state index contributed by atoms with van der Waals surface area (Å²) >= 11 is 0. The van der Waals surface area contributed by atoms with E-state index in [0.29, 0.717) is 0 Å². The molecule has 0 saturated heterocycles. The van der Waals surface area contributed by atoms with Gasteiger partial charge in [-0.2, -0.15) is 5.10 Å². The van der Waals surface area contributed by atoms with Crippen LogP contribution >= 0.6 is 0 Å². The van der Waals surface area contributed by atoms with Gasteiger partial charge in [0.2, 0.25) is 0 Å². The van der Waals surface area contributed by atoms with Crippen molar-refractivity contribution < 1.29 is 0 Å². The number of nitrogens with one attached hydrogen (secondary N) is 2. The molecule has 0 fully saturated rings. The van der Waals surface area contributed by atoms with Crippen molar-refractivity contribution in [2.24, 2.45) is 5.73 Å². The van der Waals surface area contributed by atoms with Crippen molar-refractivity contribution in [1.82, 2.24) is 20.2 Å². The fraction of sp³-hybridized carbons (Fsp3) is 0.160. The van der Waals surface area contributed by atoms with Gasteiger partial charge in [-0.25, -0.2) is 0 Å². The molecule has 0 aliphatic heterocycles. The van der Waals surface area contributed by atoms with Crippen molar-refractivity contribution >= 4 is 16.6 Å². The molecule has 2 aromatic heterocycles. The fourth-order valence-corrected chi connectivity index (χ4v) is 3.11. The number of pyridine rings is 1. The van der Waals surface area contributed by atoms with E-state index in [-0.39, 0.29) is 0 Å². The molecule has 0 spiro atoms. The minimum Gasteiger partial charge on any atom is -0.385 e. The first-order valence-electron chi connectivity index (χ1n) is 10.4. The second-order valence-electron chi connectivity index (χ2n) is 6.74. The van der Waals surface area contributed by atoms with Gasteiger partial charge in [-0.3, -0.25) is 15.1 Å². The third-order valence-electron chi connectivity index (χ3n) is 4.48. The number of benzene rings is 2. The number of rotatable bonds is 4. The van der Waals surface area contributed by atoms with Gasteiger partial charge in [-0.1, -0.05) is 37.3 Å². The van der Waals surface area contributed by atoms with E-state index in [1.165, 1.54) is 0 Å². The van der Waals surface area contributed by atoms with E-state index >= 15 is 0 Å². The van der Waals surface area contributed by atoms with Crippen molar-refractivity contribution in [1.29, 1.82) is 0 Å². The molecule has 6 nitrogen and oxygen atoms in total. The Labute approximate surface area is 182 Å². The lowest BCUT2D eigenvalue weighted by atomic mass is 10.0. The molecule has 158 valence electrons. The van der Waals surface area contributed by atoms with Gasteiger partial charge in [0.05, 0.1) is 11.7 Å². The summed E-state index contributed by atoms with van der Waals surface area (Å²) in [4.78, 5) is 8.98. The lowest BCUT2D eigenvalue weighted by Crippen LogP contribution is -1.95. The van der Waals surface area contributed by atoms with Gasteiger partial charge in [0.25, 0.3) is 0 Å². The van der Waals surface area contributed by atoms with E-state index in [2.05, 4.69) is 62.7 Å². The van der Waals surface area contributed by atoms with Gasteiger partial charge >= 0.3 is 0 Å². The summed E-state index contributed by atoms with van der Waals surface area (Å²) in [5.41, 5.74) is 10.9. The van der Waals surface area contributed by atoms with Crippen LogP contribution in [0, 0.1) is 0 Å². The second kappa shape index (κ2) is 11.4. The van der Waals surface area contributed by atoms with E-state index in [9.17, 15) is 0 Å². The third kappa shape index (κ3) is 5.87. The molecular weight excluding hydrogens is 384 g/mol. The lowest BCUT2D eigenvalue weighted by Gasteiger charge is -2.04. The van der Waals surface area contributed by atoms with Gasteiger partial charge in [0.15, 0.2) is 0 Å². The Balaban J connectivity index is 0.000000858. The van der Waals surface area contributed by atoms with Crippen LogP contribution in [0.2, 0.25) is 0 Å². The molecule has 0 atom stereocenters. The minimum absolute atomic E-state index is 0.750. The fourth-order valence-electron chi connectivity index (χ4n) is 3.11. The Morgan fingerprint density at radius 2 is 1.61 bits per heavy atom. The zero-order chi connectivity index (χ0) is 21.9. The smallest absolute Gasteiger partial charge is 0.0708 e. The van der Waals surface area contributed by atoms with Crippen molar-refractivity contribution in [2.45, 2.75) is 13.8 Å². The topological polar surface area (TPSA) is 92.5 Å². The summed E-state index contributed by atoms with van der Waals surface area (Å²) in [5, 5.41) is 11.7. The number of nitrogens with zero attached hydrogens (tertiary/aromatic N) is 3. The first-order chi connectivity index (χ1) is 15.3. The molecule has 4 rings (SSSR count). The lowest BCUT2D eigenvalue weighted by molar-refractivity contribution is 1.05. The van der Waals surface area contributed by atoms with Crippen LogP contribution in [0.5, 0.6) is 0 Å². The Morgan fingerprint density at radius 3 is 2.39 bits per heavy atom. The van der Waals surface area contributed by atoms with Crippen LogP contribution in [0.25, 0.3) is 33.2 Å². The largest absolute Gasteiger partial charge is 0.385 e. The number of fused-ring (bicyclic) bond motifs is 1. The highest BCUT2D eigenvalue weighted by molar-refractivity contribution is 5.93. The van der Waals surface area contributed by atoms with Gasteiger partial charge in [-0.15, -0.1) is 0 Å². The third-order valence-corrected chi connectivity index (χ3v) is 4.48. The Bertz CT molecular complexity index is 1140. The quantitative estimate of drug-likeness (QED) is 0.428. The number of aromatic nitrogens is 4. The van der Waals surface area contributed by atoms with Crippen LogP contribution in [-0.4, -0.2) is 33.3 Å². The standard InChI is InChI=1S/C23H21N5.C2H7N/c1-2-25-20-9-7-17(8-10-20)18-13-24-14-19(16-28-27-15-18)21-11-12-26-23-6-4-3-5-22(21)23;1-2-3/h3-16,25,27H,2H2,1H3;2-3H2,1H3. The number of nitrogens with two attached hydrogens (primary N) is 1. The van der Waals surface area contributed by atoms with Crippen LogP contribution in [0.3, 0.4) is 0 Å². The molecule has 0 aliphatic rings. The summed E-state index contributed by atoms with van der Waals surface area (Å²) in [6.45, 7) is 5.64. The molecule has 0 bridgehead atoms. The van der Waals surface area contributed by atoms with Crippen molar-refractivity contribution in [3.63, 3.8) is 0 Å². The number of hydrogen-bond acceptors (Lipinski definition) is 5. The van der Waals surface area contributed by atoms with Gasteiger partial charge in [0, 0.05) is 53.5 Å². The monoisotopic (exact) mass is 412 g/mol. The van der Waals surface area contributed by atoms with Crippen LogP contribution in [-0.2, 0) is 0 Å². The van der Waals surface area contributed by atoms with E-state index < -0.39 is 0 Å². The maximum Gasteiger partial charge on any atom is 0.0708 e. The predicted molar refractivity (Wildman–Crippen MR) is 129 cm³/mol. The first kappa shape index (κ1) is 21.9. The maximum atomic E-state index is 4.85. The number of H-pyrrole nitrogens is 1. The van der Waals surface area contributed by atoms with Gasteiger partial charge < -0.3 is 11.1 Å². The molecule has 4 N–H and O–H groups in total. The Hall–Kier alpha value is -3.77. The van der Waals surface area contributed by atoms with E-state index in [1.807, 2.05) is 56.0 Å². The number of anilines is 1. The highest BCUT2D eigenvalue weighted by Crippen LogP contribution is 2.26. The van der Waals surface area contributed by atoms with E-state index in [1.54, 1.807) is 6.20 Å². The summed E-state index contributed by atoms with van der Waals surface area (Å²) in [5.74, 6) is 0. The molecule has 4 aromatic rings. The molecule has 6 heteroatoms. The maximum absolute atomic E-state index is 4.85. The molecule has 2 heterocycles. The van der Waals surface area contributed by atoms with Crippen molar-refractivity contribution in [3.8, 4) is 22.3 Å². The average Bonchev–Trinajstić information content (AvgIpc) is 2.92. The zero-order valence-corrected chi connectivity index (χ0v) is 17.9. The van der Waals surface area contributed by atoms with Crippen LogP contribution < -0.4 is 11.1 Å². The molecule has 0 amide bonds. The molecule has 0 radical (unpaired) electrons. The van der Waals surface area contributed by atoms with Crippen LogP contribution in [0.4, 0.5) is 5.69 Å². The van der Waals surface area contributed by atoms with Crippen molar-refractivity contribution in [2.75, 3.05) is 18.4 Å². The summed E-state index contributed by atoms with van der Waals surface area (Å²) in [6, 6.07) is 18.3.